The van der Waals surface area contributed by atoms with Crippen LogP contribution in [0, 0.1) is 6.92 Å². The summed E-state index contributed by atoms with van der Waals surface area (Å²) < 4.78 is 27.9. The van der Waals surface area contributed by atoms with Crippen molar-refractivity contribution in [3.8, 4) is 0 Å². The standard InChI is InChI=1S/C27H26N4O4S2/c1-17-7-5-9-20(15-17)24(33)28-25-29-30-26(36-25)37(34,35)31-22-10-6-8-19(16-22)23(32)18-11-13-21(14-12-18)27(2,3)4/h5-16,31H,1-4H3,(H,28,29,33). The highest BCUT2D eigenvalue weighted by Gasteiger charge is 2.22. The largest absolute Gasteiger partial charge is 0.296 e. The number of anilines is 2. The third-order valence-electron chi connectivity index (χ3n) is 5.53. The van der Waals surface area contributed by atoms with Gasteiger partial charge in [-0.25, -0.2) is 0 Å². The SMILES string of the molecule is Cc1cccc(C(=O)Nc2nnc(S(=O)(=O)Nc3cccc(C(=O)c4ccc(C(C)(C)C)cc4)c3)s2)c1. The minimum absolute atomic E-state index is 0.0340. The molecule has 0 radical (unpaired) electrons. The lowest BCUT2D eigenvalue weighted by Crippen LogP contribution is -2.13. The molecule has 0 atom stereocenters. The first-order valence-electron chi connectivity index (χ1n) is 11.4. The van der Waals surface area contributed by atoms with Crippen LogP contribution in [0.15, 0.2) is 77.1 Å². The molecule has 0 aliphatic carbocycles. The Labute approximate surface area is 219 Å². The predicted molar refractivity (Wildman–Crippen MR) is 145 cm³/mol. The van der Waals surface area contributed by atoms with Crippen molar-refractivity contribution in [1.29, 1.82) is 0 Å². The van der Waals surface area contributed by atoms with E-state index in [4.69, 9.17) is 0 Å². The Morgan fingerprint density at radius 2 is 1.51 bits per heavy atom. The molecule has 10 heteroatoms. The summed E-state index contributed by atoms with van der Waals surface area (Å²) in [6, 6.07) is 20.6. The number of carbonyl (C=O) groups is 2. The lowest BCUT2D eigenvalue weighted by Gasteiger charge is -2.19. The second-order valence-corrected chi connectivity index (χ2v) is 12.4. The zero-order chi connectivity index (χ0) is 26.8. The monoisotopic (exact) mass is 534 g/mol. The Balaban J connectivity index is 1.48. The molecule has 0 saturated heterocycles. The van der Waals surface area contributed by atoms with Crippen LogP contribution in [-0.4, -0.2) is 30.3 Å². The number of benzene rings is 3. The Kier molecular flexibility index (Phi) is 7.24. The molecular weight excluding hydrogens is 508 g/mol. The minimum Gasteiger partial charge on any atom is -0.296 e. The molecule has 1 amide bonds. The summed E-state index contributed by atoms with van der Waals surface area (Å²) in [5, 5.41) is 10.1. The number of aryl methyl sites for hydroxylation is 1. The van der Waals surface area contributed by atoms with Gasteiger partial charge in [-0.15, -0.1) is 10.2 Å². The molecule has 8 nitrogen and oxygen atoms in total. The lowest BCUT2D eigenvalue weighted by atomic mass is 9.86. The van der Waals surface area contributed by atoms with Gasteiger partial charge in [-0.1, -0.05) is 86.2 Å². The predicted octanol–water partition coefficient (Wildman–Crippen LogP) is 5.43. The summed E-state index contributed by atoms with van der Waals surface area (Å²) in [4.78, 5) is 25.4. The fraction of sp³-hybridized carbons (Fsp3) is 0.185. The number of hydrogen-bond donors (Lipinski definition) is 2. The number of nitrogens with one attached hydrogen (secondary N) is 2. The van der Waals surface area contributed by atoms with Gasteiger partial charge in [-0.3, -0.25) is 19.6 Å². The second kappa shape index (κ2) is 10.2. The van der Waals surface area contributed by atoms with Gasteiger partial charge in [-0.05, 0) is 42.2 Å². The zero-order valence-corrected chi connectivity index (χ0v) is 22.4. The Morgan fingerprint density at radius 1 is 0.838 bits per heavy atom. The molecule has 0 fully saturated rings. The van der Waals surface area contributed by atoms with Gasteiger partial charge in [0.15, 0.2) is 5.78 Å². The van der Waals surface area contributed by atoms with Crippen LogP contribution in [0.4, 0.5) is 10.8 Å². The van der Waals surface area contributed by atoms with E-state index >= 15 is 0 Å². The van der Waals surface area contributed by atoms with Crippen molar-refractivity contribution in [1.82, 2.24) is 10.2 Å². The van der Waals surface area contributed by atoms with Gasteiger partial charge in [0.05, 0.1) is 0 Å². The van der Waals surface area contributed by atoms with E-state index in [2.05, 4.69) is 41.0 Å². The third-order valence-corrected chi connectivity index (χ3v) is 8.11. The third kappa shape index (κ3) is 6.28. The van der Waals surface area contributed by atoms with Gasteiger partial charge in [0, 0.05) is 22.4 Å². The number of aromatic nitrogens is 2. The summed E-state index contributed by atoms with van der Waals surface area (Å²) in [5.41, 5.74) is 3.47. The lowest BCUT2D eigenvalue weighted by molar-refractivity contribution is 0.102. The molecular formula is C27H26N4O4S2. The molecule has 0 saturated carbocycles. The molecule has 1 aromatic heterocycles. The van der Waals surface area contributed by atoms with E-state index in [1.54, 1.807) is 48.5 Å². The van der Waals surface area contributed by atoms with Crippen LogP contribution in [0.2, 0.25) is 0 Å². The molecule has 0 spiro atoms. The van der Waals surface area contributed by atoms with Gasteiger partial charge in [0.25, 0.3) is 20.3 Å². The molecule has 2 N–H and O–H groups in total. The molecule has 4 rings (SSSR count). The molecule has 0 unspecified atom stereocenters. The van der Waals surface area contributed by atoms with Crippen LogP contribution in [0.25, 0.3) is 0 Å². The van der Waals surface area contributed by atoms with E-state index in [0.717, 1.165) is 22.5 Å². The van der Waals surface area contributed by atoms with Crippen LogP contribution in [-0.2, 0) is 15.4 Å². The van der Waals surface area contributed by atoms with Crippen molar-refractivity contribution in [3.63, 3.8) is 0 Å². The van der Waals surface area contributed by atoms with Crippen LogP contribution < -0.4 is 10.0 Å². The van der Waals surface area contributed by atoms with Crippen molar-refractivity contribution in [2.24, 2.45) is 0 Å². The number of sulfonamides is 1. The van der Waals surface area contributed by atoms with Crippen LogP contribution in [0.5, 0.6) is 0 Å². The normalized spacial score (nSPS) is 11.7. The number of rotatable bonds is 7. The van der Waals surface area contributed by atoms with Gasteiger partial charge < -0.3 is 0 Å². The Hall–Kier alpha value is -3.89. The number of ketones is 1. The van der Waals surface area contributed by atoms with E-state index in [1.807, 2.05) is 25.1 Å². The summed E-state index contributed by atoms with van der Waals surface area (Å²) >= 11 is 0.725. The first kappa shape index (κ1) is 26.2. The summed E-state index contributed by atoms with van der Waals surface area (Å²) in [6.45, 7) is 8.15. The fourth-order valence-electron chi connectivity index (χ4n) is 3.54. The summed E-state index contributed by atoms with van der Waals surface area (Å²) in [6.07, 6.45) is 0. The topological polar surface area (TPSA) is 118 Å². The van der Waals surface area contributed by atoms with Crippen molar-refractivity contribution < 1.29 is 18.0 Å². The fourth-order valence-corrected chi connectivity index (χ4v) is 5.48. The van der Waals surface area contributed by atoms with Crippen LogP contribution in [0.1, 0.15) is 58.2 Å². The van der Waals surface area contributed by atoms with Gasteiger partial charge in [0.2, 0.25) is 5.13 Å². The number of amides is 1. The maximum Gasteiger partial charge on any atom is 0.291 e. The molecule has 37 heavy (non-hydrogen) atoms. The van der Waals surface area contributed by atoms with Gasteiger partial charge in [0.1, 0.15) is 0 Å². The highest BCUT2D eigenvalue weighted by Crippen LogP contribution is 2.25. The Morgan fingerprint density at radius 3 is 2.19 bits per heavy atom. The van der Waals surface area contributed by atoms with E-state index < -0.39 is 15.9 Å². The molecule has 0 aliphatic heterocycles. The summed E-state index contributed by atoms with van der Waals surface area (Å²) in [5.74, 6) is -0.642. The maximum atomic E-state index is 13.0. The highest BCUT2D eigenvalue weighted by molar-refractivity contribution is 7.94. The quantitative estimate of drug-likeness (QED) is 0.241. The maximum absolute atomic E-state index is 13.0. The highest BCUT2D eigenvalue weighted by atomic mass is 32.2. The van der Waals surface area contributed by atoms with E-state index in [-0.39, 0.29) is 26.4 Å². The molecule has 0 aliphatic rings. The van der Waals surface area contributed by atoms with Crippen LogP contribution >= 0.6 is 11.3 Å². The molecule has 3 aromatic carbocycles. The van der Waals surface area contributed by atoms with E-state index in [0.29, 0.717) is 16.7 Å². The minimum atomic E-state index is -4.10. The van der Waals surface area contributed by atoms with Crippen molar-refractivity contribution in [2.45, 2.75) is 37.4 Å². The average Bonchev–Trinajstić information content (AvgIpc) is 3.32. The van der Waals surface area contributed by atoms with Crippen LogP contribution in [0.3, 0.4) is 0 Å². The second-order valence-electron chi connectivity index (χ2n) is 9.54. The molecule has 190 valence electrons. The van der Waals surface area contributed by atoms with Crippen molar-refractivity contribution in [3.05, 3.63) is 101 Å². The van der Waals surface area contributed by atoms with Gasteiger partial charge >= 0.3 is 0 Å². The van der Waals surface area contributed by atoms with E-state index in [1.165, 1.54) is 6.07 Å². The van der Waals surface area contributed by atoms with E-state index in [9.17, 15) is 18.0 Å². The molecule has 1 heterocycles. The zero-order valence-electron chi connectivity index (χ0n) is 20.8. The average molecular weight is 535 g/mol. The molecule has 0 bridgehead atoms. The first-order chi connectivity index (χ1) is 17.4. The first-order valence-corrected chi connectivity index (χ1v) is 13.7. The number of nitrogens with zero attached hydrogens (tertiary/aromatic N) is 2. The summed E-state index contributed by atoms with van der Waals surface area (Å²) in [7, 11) is -4.10. The van der Waals surface area contributed by atoms with Gasteiger partial charge in [-0.2, -0.15) is 8.42 Å². The van der Waals surface area contributed by atoms with Crippen molar-refractivity contribution >= 4 is 43.9 Å². The number of hydrogen-bond acceptors (Lipinski definition) is 7. The molecule has 4 aromatic rings. The van der Waals surface area contributed by atoms with Crippen molar-refractivity contribution in [2.75, 3.05) is 10.0 Å². The smallest absolute Gasteiger partial charge is 0.291 e. The Bertz CT molecular complexity index is 1570. The number of carbonyl (C=O) groups excluding carboxylic acids is 2.